The van der Waals surface area contributed by atoms with E-state index >= 15 is 0 Å². The Morgan fingerprint density at radius 2 is 2.11 bits per heavy atom. The normalized spacial score (nSPS) is 21.6. The SMILES string of the molecule is Cc1ccc(Br)c(CN2CCCC(C(F)(F)F)C2)c1. The number of aryl methyl sites for hydroxylation is 1. The minimum atomic E-state index is -4.07. The summed E-state index contributed by atoms with van der Waals surface area (Å²) in [5.74, 6) is -1.18. The van der Waals surface area contributed by atoms with Gasteiger partial charge in [-0.1, -0.05) is 33.6 Å². The number of hydrogen-bond donors (Lipinski definition) is 0. The molecule has 0 aliphatic carbocycles. The van der Waals surface area contributed by atoms with Crippen molar-refractivity contribution in [3.63, 3.8) is 0 Å². The number of benzene rings is 1. The fourth-order valence-corrected chi connectivity index (χ4v) is 2.90. The molecule has 1 atom stereocenters. The van der Waals surface area contributed by atoms with E-state index in [1.54, 1.807) is 0 Å². The zero-order chi connectivity index (χ0) is 14.0. The summed E-state index contributed by atoms with van der Waals surface area (Å²) in [6, 6.07) is 5.97. The molecular formula is C14H17BrF3N. The summed E-state index contributed by atoms with van der Waals surface area (Å²) in [7, 11) is 0. The van der Waals surface area contributed by atoms with E-state index in [-0.39, 0.29) is 13.0 Å². The van der Waals surface area contributed by atoms with E-state index in [4.69, 9.17) is 0 Å². The van der Waals surface area contributed by atoms with Crippen LogP contribution in [0, 0.1) is 12.8 Å². The van der Waals surface area contributed by atoms with Gasteiger partial charge in [0.15, 0.2) is 0 Å². The first kappa shape index (κ1) is 14.9. The molecule has 106 valence electrons. The maximum atomic E-state index is 12.8. The van der Waals surface area contributed by atoms with Gasteiger partial charge in [0.1, 0.15) is 0 Å². The van der Waals surface area contributed by atoms with Crippen LogP contribution in [0.3, 0.4) is 0 Å². The van der Waals surface area contributed by atoms with Crippen molar-refractivity contribution in [2.24, 2.45) is 5.92 Å². The highest BCUT2D eigenvalue weighted by Crippen LogP contribution is 2.34. The monoisotopic (exact) mass is 335 g/mol. The maximum Gasteiger partial charge on any atom is 0.393 e. The van der Waals surface area contributed by atoms with Gasteiger partial charge >= 0.3 is 6.18 Å². The van der Waals surface area contributed by atoms with E-state index in [1.165, 1.54) is 0 Å². The van der Waals surface area contributed by atoms with Crippen molar-refractivity contribution in [1.82, 2.24) is 4.90 Å². The second-order valence-electron chi connectivity index (χ2n) is 5.21. The van der Waals surface area contributed by atoms with Crippen LogP contribution in [0.4, 0.5) is 13.2 Å². The molecule has 1 aromatic carbocycles. The smallest absolute Gasteiger partial charge is 0.298 e. The lowest BCUT2D eigenvalue weighted by molar-refractivity contribution is -0.187. The van der Waals surface area contributed by atoms with Crippen LogP contribution in [0.25, 0.3) is 0 Å². The topological polar surface area (TPSA) is 3.24 Å². The number of nitrogens with zero attached hydrogens (tertiary/aromatic N) is 1. The van der Waals surface area contributed by atoms with Gasteiger partial charge in [-0.2, -0.15) is 13.2 Å². The Balaban J connectivity index is 2.05. The third kappa shape index (κ3) is 3.96. The average Bonchev–Trinajstić information content (AvgIpc) is 2.33. The van der Waals surface area contributed by atoms with Gasteiger partial charge in [0, 0.05) is 17.6 Å². The zero-order valence-corrected chi connectivity index (χ0v) is 12.4. The fourth-order valence-electron chi connectivity index (χ4n) is 2.53. The second-order valence-corrected chi connectivity index (χ2v) is 6.07. The molecule has 1 unspecified atom stereocenters. The summed E-state index contributed by atoms with van der Waals surface area (Å²) >= 11 is 3.46. The van der Waals surface area contributed by atoms with Gasteiger partial charge in [0.05, 0.1) is 5.92 Å². The zero-order valence-electron chi connectivity index (χ0n) is 10.8. The molecule has 19 heavy (non-hydrogen) atoms. The van der Waals surface area contributed by atoms with E-state index in [0.29, 0.717) is 13.0 Å². The van der Waals surface area contributed by atoms with Crippen LogP contribution < -0.4 is 0 Å². The van der Waals surface area contributed by atoms with Crippen LogP contribution in [0.2, 0.25) is 0 Å². The molecule has 0 radical (unpaired) electrons. The molecule has 0 saturated carbocycles. The molecule has 1 aliphatic heterocycles. The lowest BCUT2D eigenvalue weighted by Gasteiger charge is -2.33. The number of halogens is 4. The Labute approximate surface area is 119 Å². The Bertz CT molecular complexity index is 445. The third-order valence-electron chi connectivity index (χ3n) is 3.56. The molecular weight excluding hydrogens is 319 g/mol. The van der Waals surface area contributed by atoms with Crippen molar-refractivity contribution in [2.75, 3.05) is 13.1 Å². The Kier molecular flexibility index (Phi) is 4.56. The number of likely N-dealkylation sites (tertiary alicyclic amines) is 1. The van der Waals surface area contributed by atoms with Gasteiger partial charge < -0.3 is 0 Å². The molecule has 5 heteroatoms. The van der Waals surface area contributed by atoms with Crippen molar-refractivity contribution in [1.29, 1.82) is 0 Å². The first-order valence-corrected chi connectivity index (χ1v) is 7.19. The van der Waals surface area contributed by atoms with E-state index < -0.39 is 12.1 Å². The highest BCUT2D eigenvalue weighted by atomic mass is 79.9. The van der Waals surface area contributed by atoms with Crippen LogP contribution in [0.1, 0.15) is 24.0 Å². The average molecular weight is 336 g/mol. The molecule has 1 aliphatic rings. The van der Waals surface area contributed by atoms with Crippen LogP contribution in [0.15, 0.2) is 22.7 Å². The first-order chi connectivity index (χ1) is 8.86. The molecule has 1 saturated heterocycles. The number of piperidine rings is 1. The Hall–Kier alpha value is -0.550. The predicted molar refractivity (Wildman–Crippen MR) is 72.9 cm³/mol. The molecule has 2 rings (SSSR count). The lowest BCUT2D eigenvalue weighted by atomic mass is 9.97. The van der Waals surface area contributed by atoms with E-state index in [1.807, 2.05) is 30.0 Å². The van der Waals surface area contributed by atoms with E-state index in [0.717, 1.165) is 22.1 Å². The number of rotatable bonds is 2. The first-order valence-electron chi connectivity index (χ1n) is 6.40. The highest BCUT2D eigenvalue weighted by molar-refractivity contribution is 9.10. The third-order valence-corrected chi connectivity index (χ3v) is 4.34. The number of hydrogen-bond acceptors (Lipinski definition) is 1. The molecule has 0 spiro atoms. The summed E-state index contributed by atoms with van der Waals surface area (Å²) in [6.45, 7) is 3.43. The Morgan fingerprint density at radius 1 is 1.37 bits per heavy atom. The van der Waals surface area contributed by atoms with Gasteiger partial charge in [-0.25, -0.2) is 0 Å². The van der Waals surface area contributed by atoms with Crippen molar-refractivity contribution in [2.45, 2.75) is 32.5 Å². The largest absolute Gasteiger partial charge is 0.393 e. The van der Waals surface area contributed by atoms with Gasteiger partial charge in [-0.15, -0.1) is 0 Å². The van der Waals surface area contributed by atoms with Gasteiger partial charge in [0.2, 0.25) is 0 Å². The van der Waals surface area contributed by atoms with Crippen LogP contribution in [-0.4, -0.2) is 24.2 Å². The Morgan fingerprint density at radius 3 is 2.79 bits per heavy atom. The summed E-state index contributed by atoms with van der Waals surface area (Å²) < 4.78 is 39.2. The lowest BCUT2D eigenvalue weighted by Crippen LogP contribution is -2.41. The summed E-state index contributed by atoms with van der Waals surface area (Å²) in [5, 5.41) is 0. The molecule has 1 fully saturated rings. The minimum Gasteiger partial charge on any atom is -0.298 e. The van der Waals surface area contributed by atoms with Crippen LogP contribution >= 0.6 is 15.9 Å². The second kappa shape index (κ2) is 5.83. The molecule has 1 heterocycles. The molecule has 1 nitrogen and oxygen atoms in total. The number of alkyl halides is 3. The standard InChI is InChI=1S/C14H17BrF3N/c1-10-4-5-13(15)11(7-10)8-19-6-2-3-12(9-19)14(16,17)18/h4-5,7,12H,2-3,6,8-9H2,1H3. The summed E-state index contributed by atoms with van der Waals surface area (Å²) in [6.07, 6.45) is -3.19. The molecule has 0 aromatic heterocycles. The predicted octanol–water partition coefficient (Wildman–Crippen LogP) is 4.53. The van der Waals surface area contributed by atoms with Crippen LogP contribution in [-0.2, 0) is 6.54 Å². The van der Waals surface area contributed by atoms with E-state index in [2.05, 4.69) is 15.9 Å². The maximum absolute atomic E-state index is 12.8. The van der Waals surface area contributed by atoms with E-state index in [9.17, 15) is 13.2 Å². The molecule has 0 amide bonds. The van der Waals surface area contributed by atoms with Gasteiger partial charge in [-0.3, -0.25) is 4.90 Å². The fraction of sp³-hybridized carbons (Fsp3) is 0.571. The molecule has 0 N–H and O–H groups in total. The van der Waals surface area contributed by atoms with Gasteiger partial charge in [-0.05, 0) is 37.9 Å². The van der Waals surface area contributed by atoms with Gasteiger partial charge in [0.25, 0.3) is 0 Å². The quantitative estimate of drug-likeness (QED) is 0.767. The van der Waals surface area contributed by atoms with Crippen molar-refractivity contribution in [3.8, 4) is 0 Å². The van der Waals surface area contributed by atoms with Crippen molar-refractivity contribution >= 4 is 15.9 Å². The summed E-state index contributed by atoms with van der Waals surface area (Å²) in [4.78, 5) is 1.90. The molecule has 0 bridgehead atoms. The van der Waals surface area contributed by atoms with Crippen molar-refractivity contribution in [3.05, 3.63) is 33.8 Å². The minimum absolute atomic E-state index is 0.115. The molecule has 1 aromatic rings. The summed E-state index contributed by atoms with van der Waals surface area (Å²) in [5.41, 5.74) is 2.19. The highest BCUT2D eigenvalue weighted by Gasteiger charge is 2.41. The van der Waals surface area contributed by atoms with Crippen molar-refractivity contribution < 1.29 is 13.2 Å². The van der Waals surface area contributed by atoms with Crippen LogP contribution in [0.5, 0.6) is 0 Å².